The normalized spacial score (nSPS) is 29.5. The Balaban J connectivity index is 1.35. The standard InChI is InChI=1S/C34H37F2N5O4/c1-43-19-45-31-27(36)29-26(28(38-31)24-9-4-7-20-6-2-3-8-23(20)24)30(33-12-21(15-37-17-33)25(42)14-33)40-32(39-29)44-18-34-10-5-11-41(34)16-22(35)13-34/h2-4,6-9,21-22,25,37,42H,5,10-19H2,1H3/t21?,22-,25?,33?,34+/m1/s1. The molecular weight excluding hydrogens is 580 g/mol. The first-order valence-electron chi connectivity index (χ1n) is 15.8. The van der Waals surface area contributed by atoms with Gasteiger partial charge in [-0.3, -0.25) is 4.90 Å². The van der Waals surface area contributed by atoms with Gasteiger partial charge in [-0.05, 0) is 48.9 Å². The lowest BCUT2D eigenvalue weighted by molar-refractivity contribution is 0.0450. The van der Waals surface area contributed by atoms with Crippen molar-refractivity contribution in [2.75, 3.05) is 46.7 Å². The van der Waals surface area contributed by atoms with Crippen molar-refractivity contribution in [3.8, 4) is 23.1 Å². The monoisotopic (exact) mass is 617 g/mol. The van der Waals surface area contributed by atoms with Gasteiger partial charge in [0.05, 0.1) is 28.4 Å². The summed E-state index contributed by atoms with van der Waals surface area (Å²) >= 11 is 0. The number of rotatable bonds is 8. The van der Waals surface area contributed by atoms with E-state index in [9.17, 15) is 9.50 Å². The van der Waals surface area contributed by atoms with Gasteiger partial charge in [0.2, 0.25) is 5.82 Å². The van der Waals surface area contributed by atoms with Crippen LogP contribution in [0.3, 0.4) is 0 Å². The number of pyridine rings is 1. The van der Waals surface area contributed by atoms with Crippen LogP contribution < -0.4 is 14.8 Å². The summed E-state index contributed by atoms with van der Waals surface area (Å²) in [5, 5.41) is 17.0. The lowest BCUT2D eigenvalue weighted by atomic mass is 9.77. The fourth-order valence-corrected chi connectivity index (χ4v) is 8.48. The predicted octanol–water partition coefficient (Wildman–Crippen LogP) is 4.53. The zero-order chi connectivity index (χ0) is 30.8. The first kappa shape index (κ1) is 28.9. The van der Waals surface area contributed by atoms with Gasteiger partial charge in [-0.2, -0.15) is 14.4 Å². The summed E-state index contributed by atoms with van der Waals surface area (Å²) in [4.78, 5) is 16.7. The molecule has 1 saturated carbocycles. The summed E-state index contributed by atoms with van der Waals surface area (Å²) < 4.78 is 48.2. The quantitative estimate of drug-likeness (QED) is 0.276. The molecule has 9 nitrogen and oxygen atoms in total. The van der Waals surface area contributed by atoms with Crippen LogP contribution in [0.2, 0.25) is 0 Å². The number of fused-ring (bicyclic) bond motifs is 5. The van der Waals surface area contributed by atoms with Crippen molar-refractivity contribution in [2.24, 2.45) is 5.92 Å². The Morgan fingerprint density at radius 3 is 2.82 bits per heavy atom. The molecule has 236 valence electrons. The molecule has 4 fully saturated rings. The zero-order valence-electron chi connectivity index (χ0n) is 25.3. The van der Waals surface area contributed by atoms with Crippen LogP contribution in [-0.4, -0.2) is 89.5 Å². The van der Waals surface area contributed by atoms with E-state index < -0.39 is 29.0 Å². The molecule has 4 aliphatic rings. The van der Waals surface area contributed by atoms with E-state index in [4.69, 9.17) is 24.2 Å². The number of nitrogens with zero attached hydrogens (tertiary/aromatic N) is 4. The van der Waals surface area contributed by atoms with E-state index in [0.29, 0.717) is 55.7 Å². The smallest absolute Gasteiger partial charge is 0.317 e. The number of ether oxygens (including phenoxy) is 3. The van der Waals surface area contributed by atoms with Crippen molar-refractivity contribution < 1.29 is 28.1 Å². The number of aliphatic hydroxyl groups is 1. The van der Waals surface area contributed by atoms with E-state index in [0.717, 1.165) is 35.7 Å². The molecule has 2 aromatic heterocycles. The third-order valence-electron chi connectivity index (χ3n) is 10.5. The van der Waals surface area contributed by atoms with Crippen molar-refractivity contribution in [3.05, 3.63) is 54.0 Å². The van der Waals surface area contributed by atoms with Crippen LogP contribution in [0.1, 0.15) is 37.8 Å². The SMILES string of the molecule is COCOc1nc(-c2cccc3ccccc23)c2c(C34CNCC(C3)C(O)C4)nc(OC[C@@]34CCCN3C[C@H](F)C4)nc2c1F. The van der Waals surface area contributed by atoms with Gasteiger partial charge < -0.3 is 24.6 Å². The number of methoxy groups -OCH3 is 1. The average Bonchev–Trinajstić information content (AvgIpc) is 3.66. The maximum Gasteiger partial charge on any atom is 0.317 e. The molecule has 0 amide bonds. The minimum Gasteiger partial charge on any atom is -0.461 e. The van der Waals surface area contributed by atoms with Crippen molar-refractivity contribution in [1.29, 1.82) is 0 Å². The second-order valence-corrected chi connectivity index (χ2v) is 13.2. The van der Waals surface area contributed by atoms with Crippen molar-refractivity contribution in [1.82, 2.24) is 25.2 Å². The van der Waals surface area contributed by atoms with Crippen molar-refractivity contribution in [2.45, 2.75) is 55.3 Å². The number of aromatic nitrogens is 3. The van der Waals surface area contributed by atoms with E-state index in [1.165, 1.54) is 7.11 Å². The molecular formula is C34H37F2N5O4. The summed E-state index contributed by atoms with van der Waals surface area (Å²) in [7, 11) is 1.46. The lowest BCUT2D eigenvalue weighted by Crippen LogP contribution is -2.44. The van der Waals surface area contributed by atoms with Gasteiger partial charge in [-0.15, -0.1) is 0 Å². The number of halogens is 2. The van der Waals surface area contributed by atoms with Crippen LogP contribution in [0.25, 0.3) is 32.9 Å². The Kier molecular flexibility index (Phi) is 7.12. The molecule has 8 rings (SSSR count). The Hall–Kier alpha value is -3.51. The summed E-state index contributed by atoms with van der Waals surface area (Å²) in [6, 6.07) is 13.9. The summed E-state index contributed by atoms with van der Waals surface area (Å²) in [6.45, 7) is 2.51. The Bertz CT molecular complexity index is 1770. The van der Waals surface area contributed by atoms with Crippen molar-refractivity contribution in [3.63, 3.8) is 0 Å². The van der Waals surface area contributed by atoms with E-state index in [2.05, 4.69) is 15.2 Å². The van der Waals surface area contributed by atoms with Gasteiger partial charge in [-0.25, -0.2) is 9.37 Å². The molecule has 2 aromatic carbocycles. The molecule has 5 atom stereocenters. The molecule has 2 bridgehead atoms. The molecule has 11 heteroatoms. The van der Waals surface area contributed by atoms with Gasteiger partial charge in [0.15, 0.2) is 6.79 Å². The van der Waals surface area contributed by atoms with Gasteiger partial charge in [-0.1, -0.05) is 42.5 Å². The predicted molar refractivity (Wildman–Crippen MR) is 165 cm³/mol. The molecule has 3 aliphatic heterocycles. The lowest BCUT2D eigenvalue weighted by Gasteiger charge is -2.34. The molecule has 2 N–H and O–H groups in total. The van der Waals surface area contributed by atoms with Crippen LogP contribution in [0.5, 0.6) is 11.9 Å². The van der Waals surface area contributed by atoms with Crippen LogP contribution >= 0.6 is 0 Å². The second-order valence-electron chi connectivity index (χ2n) is 13.2. The number of benzene rings is 2. The second kappa shape index (κ2) is 11.1. The molecule has 5 heterocycles. The maximum atomic E-state index is 16.5. The summed E-state index contributed by atoms with van der Waals surface area (Å²) in [5.41, 5.74) is 0.889. The fraction of sp³-hybridized carbons (Fsp3) is 0.500. The van der Waals surface area contributed by atoms with Gasteiger partial charge in [0, 0.05) is 44.1 Å². The van der Waals surface area contributed by atoms with E-state index in [1.807, 2.05) is 42.5 Å². The van der Waals surface area contributed by atoms with E-state index in [1.54, 1.807) is 0 Å². The molecule has 4 aromatic rings. The van der Waals surface area contributed by atoms with Gasteiger partial charge >= 0.3 is 6.01 Å². The van der Waals surface area contributed by atoms with Crippen LogP contribution in [-0.2, 0) is 10.2 Å². The maximum absolute atomic E-state index is 16.5. The van der Waals surface area contributed by atoms with Crippen LogP contribution in [0.4, 0.5) is 8.78 Å². The summed E-state index contributed by atoms with van der Waals surface area (Å²) in [6.07, 6.45) is 1.93. The number of hydrogen-bond donors (Lipinski definition) is 2. The topological polar surface area (TPSA) is 102 Å². The molecule has 0 radical (unpaired) electrons. The van der Waals surface area contributed by atoms with Crippen LogP contribution in [0.15, 0.2) is 42.5 Å². The number of hydrogen-bond acceptors (Lipinski definition) is 9. The Morgan fingerprint density at radius 2 is 1.93 bits per heavy atom. The highest BCUT2D eigenvalue weighted by molar-refractivity contribution is 6.04. The third kappa shape index (κ3) is 4.74. The van der Waals surface area contributed by atoms with Crippen LogP contribution in [0, 0.1) is 11.7 Å². The Labute approximate surface area is 259 Å². The number of nitrogens with one attached hydrogen (secondary N) is 1. The average molecular weight is 618 g/mol. The van der Waals surface area contributed by atoms with Gasteiger partial charge in [0.25, 0.3) is 5.88 Å². The number of aliphatic hydroxyl groups excluding tert-OH is 1. The minimum atomic E-state index is -0.904. The summed E-state index contributed by atoms with van der Waals surface area (Å²) in [5.74, 6) is -0.926. The fourth-order valence-electron chi connectivity index (χ4n) is 8.48. The first-order valence-corrected chi connectivity index (χ1v) is 15.8. The number of piperidine rings is 1. The molecule has 45 heavy (non-hydrogen) atoms. The third-order valence-corrected chi connectivity index (χ3v) is 10.5. The highest BCUT2D eigenvalue weighted by Crippen LogP contribution is 2.50. The van der Waals surface area contributed by atoms with Crippen molar-refractivity contribution >= 4 is 21.7 Å². The van der Waals surface area contributed by atoms with Gasteiger partial charge in [0.1, 0.15) is 18.3 Å². The van der Waals surface area contributed by atoms with E-state index in [-0.39, 0.29) is 36.7 Å². The van der Waals surface area contributed by atoms with E-state index >= 15 is 4.39 Å². The Morgan fingerprint density at radius 1 is 1.07 bits per heavy atom. The molecule has 3 saturated heterocycles. The zero-order valence-corrected chi connectivity index (χ0v) is 25.3. The highest BCUT2D eigenvalue weighted by Gasteiger charge is 2.52. The highest BCUT2D eigenvalue weighted by atomic mass is 19.1. The first-order chi connectivity index (χ1) is 21.9. The molecule has 0 spiro atoms. The minimum absolute atomic E-state index is 0.0329. The molecule has 3 unspecified atom stereocenters. The molecule has 1 aliphatic carbocycles. The number of alkyl halides is 1. The largest absolute Gasteiger partial charge is 0.461 e.